The maximum absolute atomic E-state index is 8.29. The molecule has 0 heterocycles. The van der Waals surface area contributed by atoms with Crippen LogP contribution in [0, 0.1) is 6.92 Å². The summed E-state index contributed by atoms with van der Waals surface area (Å²) in [7, 11) is 0. The number of hydrogen-bond donors (Lipinski definition) is 2. The Bertz CT molecular complexity index is 44.3. The van der Waals surface area contributed by atoms with Crippen molar-refractivity contribution in [1.29, 1.82) is 0 Å². The third-order valence-corrected chi connectivity index (χ3v) is 0.830. The van der Waals surface area contributed by atoms with Crippen molar-refractivity contribution < 1.29 is 9.84 Å². The van der Waals surface area contributed by atoms with Crippen LogP contribution in [0.25, 0.3) is 0 Å². The Hall–Kier alpha value is -0.120. The second-order valence-electron chi connectivity index (χ2n) is 1.55. The zero-order chi connectivity index (χ0) is 6.95. The van der Waals surface area contributed by atoms with Gasteiger partial charge in [0, 0.05) is 13.1 Å². The van der Waals surface area contributed by atoms with E-state index in [-0.39, 0.29) is 13.2 Å². The van der Waals surface area contributed by atoms with Crippen LogP contribution in [0.3, 0.4) is 0 Å². The van der Waals surface area contributed by atoms with Gasteiger partial charge >= 0.3 is 0 Å². The summed E-state index contributed by atoms with van der Waals surface area (Å²) in [4.78, 5) is 0. The molecule has 0 bridgehead atoms. The Morgan fingerprint density at radius 3 is 2.78 bits per heavy atom. The first-order valence-corrected chi connectivity index (χ1v) is 3.01. The van der Waals surface area contributed by atoms with Gasteiger partial charge in [0.15, 0.2) is 0 Å². The van der Waals surface area contributed by atoms with Gasteiger partial charge in [-0.15, -0.1) is 0 Å². The highest BCUT2D eigenvalue weighted by molar-refractivity contribution is 4.43. The van der Waals surface area contributed by atoms with E-state index in [2.05, 4.69) is 5.32 Å². The lowest BCUT2D eigenvalue weighted by Crippen LogP contribution is -2.22. The molecule has 3 nitrogen and oxygen atoms in total. The normalized spacial score (nSPS) is 10.0. The lowest BCUT2D eigenvalue weighted by atomic mass is 10.6. The summed E-state index contributed by atoms with van der Waals surface area (Å²) in [5.41, 5.74) is 0. The average molecular weight is 131 g/mol. The summed E-state index contributed by atoms with van der Waals surface area (Å²) >= 11 is 0. The van der Waals surface area contributed by atoms with E-state index >= 15 is 0 Å². The van der Waals surface area contributed by atoms with Gasteiger partial charge < -0.3 is 15.2 Å². The Morgan fingerprint density at radius 2 is 2.22 bits per heavy atom. The van der Waals surface area contributed by atoms with Crippen LogP contribution in [0.2, 0.25) is 0 Å². The maximum atomic E-state index is 8.29. The molecule has 2 N–H and O–H groups in total. The van der Waals surface area contributed by atoms with Gasteiger partial charge in [-0.25, -0.2) is 0 Å². The molecule has 0 amide bonds. The van der Waals surface area contributed by atoms with Gasteiger partial charge in [-0.1, -0.05) is 0 Å². The fourth-order valence-electron chi connectivity index (χ4n) is 0.432. The van der Waals surface area contributed by atoms with Gasteiger partial charge in [-0.2, -0.15) is 0 Å². The van der Waals surface area contributed by atoms with Crippen LogP contribution in [-0.4, -0.2) is 38.0 Å². The van der Waals surface area contributed by atoms with Crippen LogP contribution in [0.15, 0.2) is 0 Å². The zero-order valence-electron chi connectivity index (χ0n) is 5.47. The van der Waals surface area contributed by atoms with Crippen molar-refractivity contribution >= 4 is 0 Å². The average Bonchev–Trinajstić information content (AvgIpc) is 1.89. The van der Waals surface area contributed by atoms with Gasteiger partial charge in [0.1, 0.15) is 0 Å². The first-order valence-electron chi connectivity index (χ1n) is 3.01. The van der Waals surface area contributed by atoms with E-state index in [9.17, 15) is 0 Å². The molecule has 0 fully saturated rings. The molecule has 0 aliphatic carbocycles. The summed E-state index contributed by atoms with van der Waals surface area (Å²) < 4.78 is 4.81. The van der Waals surface area contributed by atoms with Crippen LogP contribution in [0.5, 0.6) is 0 Å². The molecule has 0 aromatic carbocycles. The third kappa shape index (κ3) is 7.88. The number of rotatable bonds is 6. The lowest BCUT2D eigenvalue weighted by molar-refractivity contribution is 0.160. The molecule has 0 aliphatic heterocycles. The monoisotopic (exact) mass is 131 g/mol. The van der Waals surface area contributed by atoms with E-state index in [0.717, 1.165) is 6.54 Å². The molecule has 9 heavy (non-hydrogen) atoms. The summed E-state index contributed by atoms with van der Waals surface area (Å²) in [5.74, 6) is 0. The van der Waals surface area contributed by atoms with Crippen molar-refractivity contribution in [2.75, 3.05) is 32.9 Å². The zero-order valence-corrected chi connectivity index (χ0v) is 5.47. The Morgan fingerprint density at radius 1 is 1.44 bits per heavy atom. The number of hydrogen-bond acceptors (Lipinski definition) is 3. The van der Waals surface area contributed by atoms with Gasteiger partial charge in [0.25, 0.3) is 0 Å². The summed E-state index contributed by atoms with van der Waals surface area (Å²) in [5, 5.41) is 11.2. The molecule has 0 saturated heterocycles. The highest BCUT2D eigenvalue weighted by Crippen LogP contribution is 1.68. The second-order valence-corrected chi connectivity index (χ2v) is 1.55. The quantitative estimate of drug-likeness (QED) is 0.468. The fraction of sp³-hybridized carbons (Fsp3) is 0.833. The Kier molecular flexibility index (Phi) is 7.77. The van der Waals surface area contributed by atoms with Crippen molar-refractivity contribution in [1.82, 2.24) is 5.32 Å². The summed E-state index contributed by atoms with van der Waals surface area (Å²) in [6.07, 6.45) is 0. The van der Waals surface area contributed by atoms with Crippen LogP contribution in [0.4, 0.5) is 0 Å². The molecule has 0 aromatic rings. The summed E-state index contributed by atoms with van der Waals surface area (Å²) in [6.45, 7) is 7.45. The number of ether oxygens (including phenoxy) is 1. The predicted molar refractivity (Wildman–Crippen MR) is 35.1 cm³/mol. The van der Waals surface area contributed by atoms with Crippen LogP contribution < -0.4 is 5.32 Å². The predicted octanol–water partition coefficient (Wildman–Crippen LogP) is -0.704. The Labute approximate surface area is 56.0 Å². The molecule has 0 saturated carbocycles. The van der Waals surface area contributed by atoms with Crippen molar-refractivity contribution in [3.8, 4) is 0 Å². The van der Waals surface area contributed by atoms with Gasteiger partial charge in [-0.3, -0.25) is 0 Å². The lowest BCUT2D eigenvalue weighted by Gasteiger charge is -2.00. The topological polar surface area (TPSA) is 41.5 Å². The number of nitrogens with one attached hydrogen (secondary N) is 1. The highest BCUT2D eigenvalue weighted by atomic mass is 16.5. The van der Waals surface area contributed by atoms with Crippen molar-refractivity contribution in [3.05, 3.63) is 6.92 Å². The third-order valence-electron chi connectivity index (χ3n) is 0.830. The van der Waals surface area contributed by atoms with Crippen molar-refractivity contribution in [2.45, 2.75) is 0 Å². The molecular weight excluding hydrogens is 118 g/mol. The minimum Gasteiger partial charge on any atom is -0.395 e. The fourth-order valence-corrected chi connectivity index (χ4v) is 0.432. The smallest absolute Gasteiger partial charge is 0.0591 e. The maximum Gasteiger partial charge on any atom is 0.0591 e. The van der Waals surface area contributed by atoms with Gasteiger partial charge in [0.05, 0.1) is 19.8 Å². The molecule has 2 radical (unpaired) electrons. The number of aliphatic hydroxyl groups is 1. The van der Waals surface area contributed by atoms with Crippen LogP contribution >= 0.6 is 0 Å². The van der Waals surface area contributed by atoms with E-state index in [1.807, 2.05) is 0 Å². The second kappa shape index (κ2) is 7.88. The Balaban J connectivity index is 2.60. The van der Waals surface area contributed by atoms with Crippen molar-refractivity contribution in [2.24, 2.45) is 0 Å². The highest BCUT2D eigenvalue weighted by Gasteiger charge is 1.83. The van der Waals surface area contributed by atoms with E-state index < -0.39 is 0 Å². The number of aliphatic hydroxyl groups excluding tert-OH is 1. The van der Waals surface area contributed by atoms with Crippen molar-refractivity contribution in [3.63, 3.8) is 0 Å². The van der Waals surface area contributed by atoms with Gasteiger partial charge in [-0.05, 0) is 6.92 Å². The SMILES string of the molecule is [CH]COCCNCCO. The first-order chi connectivity index (χ1) is 4.41. The van der Waals surface area contributed by atoms with Crippen LogP contribution in [-0.2, 0) is 4.74 Å². The molecule has 54 valence electrons. The molecule has 0 unspecified atom stereocenters. The molecule has 0 aromatic heterocycles. The summed E-state index contributed by atoms with van der Waals surface area (Å²) in [6, 6.07) is 0. The molecule has 0 rings (SSSR count). The molecule has 0 atom stereocenters. The van der Waals surface area contributed by atoms with Crippen LogP contribution in [0.1, 0.15) is 0 Å². The van der Waals surface area contributed by atoms with E-state index in [1.165, 1.54) is 0 Å². The van der Waals surface area contributed by atoms with E-state index in [1.54, 1.807) is 0 Å². The largest absolute Gasteiger partial charge is 0.395 e. The van der Waals surface area contributed by atoms with E-state index in [4.69, 9.17) is 16.8 Å². The molecule has 0 aliphatic rings. The molecule has 3 heteroatoms. The standard InChI is InChI=1S/C6H13NO2/c1-2-9-6-4-7-3-5-8/h1,7-8H,2-6H2. The van der Waals surface area contributed by atoms with E-state index in [0.29, 0.717) is 13.2 Å². The molecule has 0 spiro atoms. The minimum absolute atomic E-state index is 0.169. The molecular formula is C6H13NO2. The van der Waals surface area contributed by atoms with Gasteiger partial charge in [0.2, 0.25) is 0 Å². The first kappa shape index (κ1) is 8.88. The minimum atomic E-state index is 0.169.